The number of carbonyl (C=O) groups excluding carboxylic acids is 1. The predicted molar refractivity (Wildman–Crippen MR) is 90.1 cm³/mol. The van der Waals surface area contributed by atoms with Crippen LogP contribution in [0.4, 0.5) is 4.39 Å². The average Bonchev–Trinajstić information content (AvgIpc) is 2.63. The van der Waals surface area contributed by atoms with Crippen molar-refractivity contribution >= 4 is 5.91 Å². The molecule has 0 aromatic heterocycles. The summed E-state index contributed by atoms with van der Waals surface area (Å²) in [6.07, 6.45) is -0.542. The SMILES string of the molecule is O=C(c1ccccc1F)N1CCN(C[C@@H](O)c2ccccc2)CC1. The lowest BCUT2D eigenvalue weighted by molar-refractivity contribution is 0.0524. The fourth-order valence-electron chi connectivity index (χ4n) is 2.96. The molecular formula is C19H21FN2O2. The lowest BCUT2D eigenvalue weighted by atomic mass is 10.1. The van der Waals surface area contributed by atoms with E-state index in [0.29, 0.717) is 32.7 Å². The van der Waals surface area contributed by atoms with Crippen LogP contribution in [0.3, 0.4) is 0 Å². The fourth-order valence-corrected chi connectivity index (χ4v) is 2.96. The number of piperazine rings is 1. The topological polar surface area (TPSA) is 43.8 Å². The monoisotopic (exact) mass is 328 g/mol. The molecule has 1 aliphatic heterocycles. The van der Waals surface area contributed by atoms with Gasteiger partial charge in [0.15, 0.2) is 0 Å². The van der Waals surface area contributed by atoms with Crippen LogP contribution < -0.4 is 0 Å². The van der Waals surface area contributed by atoms with Crippen molar-refractivity contribution in [3.05, 3.63) is 71.5 Å². The first kappa shape index (κ1) is 16.6. The molecule has 2 aromatic carbocycles. The molecule has 1 fully saturated rings. The normalized spacial score (nSPS) is 16.8. The minimum Gasteiger partial charge on any atom is -0.387 e. The molecule has 0 bridgehead atoms. The number of nitrogens with zero attached hydrogens (tertiary/aromatic N) is 2. The van der Waals surface area contributed by atoms with Gasteiger partial charge >= 0.3 is 0 Å². The second kappa shape index (κ2) is 7.55. The van der Waals surface area contributed by atoms with E-state index in [0.717, 1.165) is 5.56 Å². The van der Waals surface area contributed by atoms with Crippen LogP contribution in [0.5, 0.6) is 0 Å². The second-order valence-electron chi connectivity index (χ2n) is 6.00. The van der Waals surface area contributed by atoms with E-state index in [1.807, 2.05) is 30.3 Å². The van der Waals surface area contributed by atoms with Gasteiger partial charge in [-0.25, -0.2) is 4.39 Å². The number of halogens is 1. The summed E-state index contributed by atoms with van der Waals surface area (Å²) in [6, 6.07) is 15.6. The van der Waals surface area contributed by atoms with Crippen molar-refractivity contribution in [2.24, 2.45) is 0 Å². The van der Waals surface area contributed by atoms with Crippen LogP contribution in [-0.4, -0.2) is 53.5 Å². The van der Waals surface area contributed by atoms with Gasteiger partial charge in [0.05, 0.1) is 11.7 Å². The van der Waals surface area contributed by atoms with Gasteiger partial charge in [-0.1, -0.05) is 42.5 Å². The molecular weight excluding hydrogens is 307 g/mol. The minimum absolute atomic E-state index is 0.121. The van der Waals surface area contributed by atoms with E-state index in [1.165, 1.54) is 12.1 Å². The number of β-amino-alcohol motifs (C(OH)–C–C–N with tert-alkyl or cyclic N) is 1. The number of aliphatic hydroxyl groups is 1. The Bertz CT molecular complexity index is 685. The van der Waals surface area contributed by atoms with E-state index in [4.69, 9.17) is 0 Å². The molecule has 1 atom stereocenters. The number of amides is 1. The maximum Gasteiger partial charge on any atom is 0.256 e. The van der Waals surface area contributed by atoms with E-state index in [1.54, 1.807) is 17.0 Å². The Balaban J connectivity index is 1.54. The number of benzene rings is 2. The van der Waals surface area contributed by atoms with Crippen molar-refractivity contribution in [1.82, 2.24) is 9.80 Å². The summed E-state index contributed by atoms with van der Waals surface area (Å²) >= 11 is 0. The molecule has 2 aromatic rings. The van der Waals surface area contributed by atoms with Crippen molar-refractivity contribution < 1.29 is 14.3 Å². The van der Waals surface area contributed by atoms with Crippen LogP contribution in [0.1, 0.15) is 22.0 Å². The Hall–Kier alpha value is -2.24. The van der Waals surface area contributed by atoms with Gasteiger partial charge in [0.1, 0.15) is 5.82 Å². The zero-order valence-electron chi connectivity index (χ0n) is 13.4. The highest BCUT2D eigenvalue weighted by molar-refractivity contribution is 5.94. The number of aliphatic hydroxyl groups excluding tert-OH is 1. The van der Waals surface area contributed by atoms with Crippen LogP contribution in [0.2, 0.25) is 0 Å². The van der Waals surface area contributed by atoms with Crippen molar-refractivity contribution in [3.8, 4) is 0 Å². The molecule has 126 valence electrons. The van der Waals surface area contributed by atoms with Gasteiger partial charge < -0.3 is 10.0 Å². The summed E-state index contributed by atoms with van der Waals surface area (Å²) in [6.45, 7) is 2.95. The molecule has 5 heteroatoms. The van der Waals surface area contributed by atoms with Crippen LogP contribution >= 0.6 is 0 Å². The summed E-state index contributed by atoms with van der Waals surface area (Å²) in [4.78, 5) is 16.2. The Morgan fingerprint density at radius 3 is 2.29 bits per heavy atom. The smallest absolute Gasteiger partial charge is 0.256 e. The number of carbonyl (C=O) groups is 1. The molecule has 0 saturated carbocycles. The molecule has 1 heterocycles. The summed E-state index contributed by atoms with van der Waals surface area (Å²) in [5.41, 5.74) is 1.01. The molecule has 1 amide bonds. The third kappa shape index (κ3) is 3.80. The minimum atomic E-state index is -0.542. The lowest BCUT2D eigenvalue weighted by Gasteiger charge is -2.35. The zero-order valence-corrected chi connectivity index (χ0v) is 13.4. The maximum absolute atomic E-state index is 13.7. The van der Waals surface area contributed by atoms with Gasteiger partial charge in [0.2, 0.25) is 0 Å². The first-order valence-corrected chi connectivity index (χ1v) is 8.14. The standard InChI is InChI=1S/C19H21FN2O2/c20-17-9-5-4-8-16(17)19(24)22-12-10-21(11-13-22)14-18(23)15-6-2-1-3-7-15/h1-9,18,23H,10-14H2/t18-/m1/s1. The Morgan fingerprint density at radius 1 is 1.00 bits per heavy atom. The van der Waals surface area contributed by atoms with Gasteiger partial charge in [-0.2, -0.15) is 0 Å². The summed E-state index contributed by atoms with van der Waals surface area (Å²) < 4.78 is 13.7. The van der Waals surface area contributed by atoms with Crippen molar-refractivity contribution in [2.45, 2.75) is 6.10 Å². The summed E-state index contributed by atoms with van der Waals surface area (Å²) in [5.74, 6) is -0.749. The predicted octanol–water partition coefficient (Wildman–Crippen LogP) is 2.32. The summed E-state index contributed by atoms with van der Waals surface area (Å²) in [7, 11) is 0. The average molecular weight is 328 g/mol. The van der Waals surface area contributed by atoms with Crippen LogP contribution in [-0.2, 0) is 0 Å². The van der Waals surface area contributed by atoms with E-state index in [9.17, 15) is 14.3 Å². The third-order valence-electron chi connectivity index (χ3n) is 4.38. The van der Waals surface area contributed by atoms with Gasteiger partial charge in [0.25, 0.3) is 5.91 Å². The Kier molecular flexibility index (Phi) is 5.23. The first-order valence-electron chi connectivity index (χ1n) is 8.14. The van der Waals surface area contributed by atoms with Gasteiger partial charge in [-0.05, 0) is 17.7 Å². The van der Waals surface area contributed by atoms with Gasteiger partial charge in [-0.15, -0.1) is 0 Å². The molecule has 4 nitrogen and oxygen atoms in total. The van der Waals surface area contributed by atoms with Gasteiger partial charge in [0, 0.05) is 32.7 Å². The van der Waals surface area contributed by atoms with E-state index < -0.39 is 11.9 Å². The molecule has 0 aliphatic carbocycles. The van der Waals surface area contributed by atoms with Gasteiger partial charge in [-0.3, -0.25) is 9.69 Å². The van der Waals surface area contributed by atoms with Crippen molar-refractivity contribution in [2.75, 3.05) is 32.7 Å². The quantitative estimate of drug-likeness (QED) is 0.937. The second-order valence-corrected chi connectivity index (χ2v) is 6.00. The first-order chi connectivity index (χ1) is 11.6. The highest BCUT2D eigenvalue weighted by Gasteiger charge is 2.25. The number of rotatable bonds is 4. The molecule has 3 rings (SSSR count). The third-order valence-corrected chi connectivity index (χ3v) is 4.38. The molecule has 1 saturated heterocycles. The largest absolute Gasteiger partial charge is 0.387 e. The fraction of sp³-hybridized carbons (Fsp3) is 0.316. The number of hydrogen-bond acceptors (Lipinski definition) is 3. The van der Waals surface area contributed by atoms with E-state index >= 15 is 0 Å². The zero-order chi connectivity index (χ0) is 16.9. The van der Waals surface area contributed by atoms with Crippen LogP contribution in [0, 0.1) is 5.82 Å². The van der Waals surface area contributed by atoms with E-state index in [2.05, 4.69) is 4.90 Å². The van der Waals surface area contributed by atoms with Crippen LogP contribution in [0.25, 0.3) is 0 Å². The Morgan fingerprint density at radius 2 is 1.62 bits per heavy atom. The van der Waals surface area contributed by atoms with Crippen molar-refractivity contribution in [1.29, 1.82) is 0 Å². The van der Waals surface area contributed by atoms with Crippen molar-refractivity contribution in [3.63, 3.8) is 0 Å². The van der Waals surface area contributed by atoms with Crippen LogP contribution in [0.15, 0.2) is 54.6 Å². The highest BCUT2D eigenvalue weighted by Crippen LogP contribution is 2.16. The Labute approximate surface area is 141 Å². The lowest BCUT2D eigenvalue weighted by Crippen LogP contribution is -2.49. The summed E-state index contributed by atoms with van der Waals surface area (Å²) in [5, 5.41) is 10.3. The highest BCUT2D eigenvalue weighted by atomic mass is 19.1. The molecule has 1 N–H and O–H groups in total. The van der Waals surface area contributed by atoms with E-state index in [-0.39, 0.29) is 11.5 Å². The molecule has 0 spiro atoms. The molecule has 24 heavy (non-hydrogen) atoms. The molecule has 1 aliphatic rings. The number of hydrogen-bond donors (Lipinski definition) is 1. The molecule has 0 radical (unpaired) electrons. The maximum atomic E-state index is 13.7. The molecule has 0 unspecified atom stereocenters.